The summed E-state index contributed by atoms with van der Waals surface area (Å²) in [4.78, 5) is 15.9. The normalized spacial score (nSPS) is 10.4. The highest BCUT2D eigenvalue weighted by Crippen LogP contribution is 2.18. The van der Waals surface area contributed by atoms with Gasteiger partial charge in [-0.2, -0.15) is 0 Å². The van der Waals surface area contributed by atoms with Gasteiger partial charge in [-0.3, -0.25) is 4.79 Å². The van der Waals surface area contributed by atoms with E-state index in [0.717, 1.165) is 15.7 Å². The average Bonchev–Trinajstić information content (AvgIpc) is 2.67. The Labute approximate surface area is 112 Å². The minimum atomic E-state index is 0.141. The minimum absolute atomic E-state index is 0.141. The van der Waals surface area contributed by atoms with Gasteiger partial charge in [0.05, 0.1) is 5.69 Å². The Morgan fingerprint density at radius 3 is 2.76 bits per heavy atom. The number of carbonyl (C=O) groups excluding carboxylic acids is 1. The van der Waals surface area contributed by atoms with Crippen molar-refractivity contribution in [1.29, 1.82) is 0 Å². The van der Waals surface area contributed by atoms with Gasteiger partial charge in [0.1, 0.15) is 5.78 Å². The van der Waals surface area contributed by atoms with Crippen LogP contribution in [-0.2, 0) is 17.6 Å². The summed E-state index contributed by atoms with van der Waals surface area (Å²) < 4.78 is 0.964. The molecule has 17 heavy (non-hydrogen) atoms. The lowest BCUT2D eigenvalue weighted by Gasteiger charge is -2.02. The zero-order valence-corrected chi connectivity index (χ0v) is 11.4. The van der Waals surface area contributed by atoms with Crippen molar-refractivity contribution in [2.45, 2.75) is 12.8 Å². The summed E-state index contributed by atoms with van der Waals surface area (Å²) in [7, 11) is 0. The smallest absolute Gasteiger partial charge is 0.180 e. The fraction of sp³-hybridized carbons (Fsp3) is 0.167. The van der Waals surface area contributed by atoms with E-state index < -0.39 is 0 Å². The molecule has 2 N–H and O–H groups in total. The molecule has 5 heteroatoms. The van der Waals surface area contributed by atoms with Crippen LogP contribution in [0.3, 0.4) is 0 Å². The van der Waals surface area contributed by atoms with Gasteiger partial charge >= 0.3 is 0 Å². The molecular formula is C12H11BrN2OS. The van der Waals surface area contributed by atoms with Crippen LogP contribution in [0.4, 0.5) is 5.13 Å². The first-order valence-corrected chi connectivity index (χ1v) is 6.77. The number of nitrogen functional groups attached to an aromatic ring is 1. The molecule has 88 valence electrons. The van der Waals surface area contributed by atoms with E-state index in [-0.39, 0.29) is 5.78 Å². The SMILES string of the molecule is Nc1nc(CC(=O)Cc2ccccc2Br)cs1. The van der Waals surface area contributed by atoms with E-state index in [1.807, 2.05) is 29.6 Å². The van der Waals surface area contributed by atoms with Crippen molar-refractivity contribution in [2.24, 2.45) is 0 Å². The Morgan fingerprint density at radius 2 is 2.12 bits per heavy atom. The van der Waals surface area contributed by atoms with Gasteiger partial charge in [0.2, 0.25) is 0 Å². The van der Waals surface area contributed by atoms with Gasteiger partial charge in [0, 0.05) is 22.7 Å². The van der Waals surface area contributed by atoms with Crippen molar-refractivity contribution < 1.29 is 4.79 Å². The molecule has 1 aromatic carbocycles. The maximum Gasteiger partial charge on any atom is 0.180 e. The number of thiazole rings is 1. The topological polar surface area (TPSA) is 56.0 Å². The van der Waals surface area contributed by atoms with E-state index in [1.54, 1.807) is 0 Å². The highest BCUT2D eigenvalue weighted by molar-refractivity contribution is 9.10. The van der Waals surface area contributed by atoms with E-state index in [1.165, 1.54) is 11.3 Å². The lowest BCUT2D eigenvalue weighted by atomic mass is 10.1. The van der Waals surface area contributed by atoms with Crippen LogP contribution >= 0.6 is 27.3 Å². The third kappa shape index (κ3) is 3.38. The summed E-state index contributed by atoms with van der Waals surface area (Å²) in [6, 6.07) is 7.73. The van der Waals surface area contributed by atoms with Gasteiger partial charge < -0.3 is 5.73 Å². The van der Waals surface area contributed by atoms with Gasteiger partial charge in [-0.25, -0.2) is 4.98 Å². The average molecular weight is 311 g/mol. The number of ketones is 1. The molecule has 0 fully saturated rings. The summed E-state index contributed by atoms with van der Waals surface area (Å²) in [5, 5.41) is 2.33. The largest absolute Gasteiger partial charge is 0.375 e. The van der Waals surface area contributed by atoms with Gasteiger partial charge in [0.15, 0.2) is 5.13 Å². The molecule has 0 amide bonds. The van der Waals surface area contributed by atoms with Crippen LogP contribution < -0.4 is 5.73 Å². The zero-order chi connectivity index (χ0) is 12.3. The predicted octanol–water partition coefficient (Wildman–Crippen LogP) is 2.84. The third-order valence-electron chi connectivity index (χ3n) is 2.29. The maximum absolute atomic E-state index is 11.8. The zero-order valence-electron chi connectivity index (χ0n) is 9.02. The Balaban J connectivity index is 2.01. The number of benzene rings is 1. The second kappa shape index (κ2) is 5.42. The Hall–Kier alpha value is -1.20. The van der Waals surface area contributed by atoms with Crippen molar-refractivity contribution in [1.82, 2.24) is 4.98 Å². The molecule has 0 atom stereocenters. The molecule has 1 heterocycles. The highest BCUT2D eigenvalue weighted by Gasteiger charge is 2.09. The fourth-order valence-electron chi connectivity index (χ4n) is 1.52. The molecule has 0 saturated carbocycles. The van der Waals surface area contributed by atoms with E-state index in [9.17, 15) is 4.79 Å². The Morgan fingerprint density at radius 1 is 1.35 bits per heavy atom. The number of Topliss-reactive ketones (excluding diaryl/α,β-unsaturated/α-hetero) is 1. The lowest BCUT2D eigenvalue weighted by Crippen LogP contribution is -2.07. The molecule has 2 rings (SSSR count). The standard InChI is InChI=1S/C12H11BrN2OS/c13-11-4-2-1-3-8(11)5-10(16)6-9-7-17-12(14)15-9/h1-4,7H,5-6H2,(H2,14,15). The van der Waals surface area contributed by atoms with Crippen LogP contribution in [0, 0.1) is 0 Å². The molecule has 0 saturated heterocycles. The molecule has 0 bridgehead atoms. The first kappa shape index (κ1) is 12.3. The second-order valence-corrected chi connectivity index (χ2v) is 5.40. The number of rotatable bonds is 4. The molecule has 0 spiro atoms. The Kier molecular flexibility index (Phi) is 3.91. The molecule has 2 aromatic rings. The number of hydrogen-bond donors (Lipinski definition) is 1. The number of carbonyl (C=O) groups is 1. The molecule has 0 aliphatic carbocycles. The first-order valence-electron chi connectivity index (χ1n) is 5.10. The highest BCUT2D eigenvalue weighted by atomic mass is 79.9. The molecule has 3 nitrogen and oxygen atoms in total. The van der Waals surface area contributed by atoms with E-state index >= 15 is 0 Å². The third-order valence-corrected chi connectivity index (χ3v) is 3.79. The second-order valence-electron chi connectivity index (χ2n) is 3.66. The van der Waals surface area contributed by atoms with Crippen molar-refractivity contribution in [3.8, 4) is 0 Å². The van der Waals surface area contributed by atoms with E-state index in [2.05, 4.69) is 20.9 Å². The summed E-state index contributed by atoms with van der Waals surface area (Å²) >= 11 is 4.79. The van der Waals surface area contributed by atoms with Gasteiger partial charge in [-0.05, 0) is 11.6 Å². The van der Waals surface area contributed by atoms with Crippen LogP contribution in [0.5, 0.6) is 0 Å². The number of halogens is 1. The minimum Gasteiger partial charge on any atom is -0.375 e. The predicted molar refractivity (Wildman–Crippen MR) is 73.1 cm³/mol. The van der Waals surface area contributed by atoms with Crippen LogP contribution in [0.25, 0.3) is 0 Å². The summed E-state index contributed by atoms with van der Waals surface area (Å²) in [5.41, 5.74) is 7.27. The molecular weight excluding hydrogens is 300 g/mol. The van der Waals surface area contributed by atoms with Crippen molar-refractivity contribution >= 4 is 38.2 Å². The molecule has 0 radical (unpaired) electrons. The van der Waals surface area contributed by atoms with Gasteiger partial charge in [0.25, 0.3) is 0 Å². The van der Waals surface area contributed by atoms with Crippen LogP contribution in [0.2, 0.25) is 0 Å². The van der Waals surface area contributed by atoms with Crippen molar-refractivity contribution in [3.05, 3.63) is 45.4 Å². The van der Waals surface area contributed by atoms with Gasteiger partial charge in [-0.1, -0.05) is 34.1 Å². The van der Waals surface area contributed by atoms with Crippen LogP contribution in [0.15, 0.2) is 34.1 Å². The number of nitrogens with zero attached hydrogens (tertiary/aromatic N) is 1. The van der Waals surface area contributed by atoms with Crippen molar-refractivity contribution in [3.63, 3.8) is 0 Å². The molecule has 0 aliphatic heterocycles. The van der Waals surface area contributed by atoms with E-state index in [4.69, 9.17) is 5.73 Å². The molecule has 0 unspecified atom stereocenters. The number of hydrogen-bond acceptors (Lipinski definition) is 4. The molecule has 0 aliphatic rings. The number of aromatic nitrogens is 1. The fourth-order valence-corrected chi connectivity index (χ4v) is 2.51. The monoisotopic (exact) mass is 310 g/mol. The molecule has 1 aromatic heterocycles. The summed E-state index contributed by atoms with van der Waals surface area (Å²) in [6.45, 7) is 0. The summed E-state index contributed by atoms with van der Waals surface area (Å²) in [6.07, 6.45) is 0.758. The number of anilines is 1. The lowest BCUT2D eigenvalue weighted by molar-refractivity contribution is -0.117. The first-order chi connectivity index (χ1) is 8.15. The maximum atomic E-state index is 11.8. The van der Waals surface area contributed by atoms with Crippen LogP contribution in [0.1, 0.15) is 11.3 Å². The number of nitrogens with two attached hydrogens (primary N) is 1. The van der Waals surface area contributed by atoms with Crippen molar-refractivity contribution in [2.75, 3.05) is 5.73 Å². The van der Waals surface area contributed by atoms with E-state index in [0.29, 0.717) is 18.0 Å². The quantitative estimate of drug-likeness (QED) is 0.944. The summed E-state index contributed by atoms with van der Waals surface area (Å²) in [5.74, 6) is 0.141. The van der Waals surface area contributed by atoms with Gasteiger partial charge in [-0.15, -0.1) is 11.3 Å². The van der Waals surface area contributed by atoms with Crippen LogP contribution in [-0.4, -0.2) is 10.8 Å². The Bertz CT molecular complexity index is 539.